The van der Waals surface area contributed by atoms with Crippen LogP contribution in [0.15, 0.2) is 231 Å². The highest BCUT2D eigenvalue weighted by Crippen LogP contribution is 2.65. The summed E-state index contributed by atoms with van der Waals surface area (Å²) in [5.41, 5.74) is 18.9. The first-order chi connectivity index (χ1) is 28.3. The quantitative estimate of drug-likeness (QED) is 0.161. The summed E-state index contributed by atoms with van der Waals surface area (Å²) in [6.07, 6.45) is 0. The van der Waals surface area contributed by atoms with Crippen molar-refractivity contribution in [3.8, 4) is 33.4 Å². The molecule has 2 nitrogen and oxygen atoms in total. The highest BCUT2D eigenvalue weighted by Gasteiger charge is 2.52. The summed E-state index contributed by atoms with van der Waals surface area (Å²) in [6.45, 7) is 0. The fourth-order valence-corrected chi connectivity index (χ4v) is 9.60. The van der Waals surface area contributed by atoms with Crippen molar-refractivity contribution in [1.82, 2.24) is 0 Å². The number of fused-ring (bicyclic) bond motifs is 10. The monoisotopic (exact) mass is 726 g/mol. The minimum atomic E-state index is -0.537. The summed E-state index contributed by atoms with van der Waals surface area (Å²) in [7, 11) is 0. The summed E-state index contributed by atoms with van der Waals surface area (Å²) < 4.78 is 0. The van der Waals surface area contributed by atoms with Gasteiger partial charge in [-0.15, -0.1) is 0 Å². The molecule has 0 amide bonds. The van der Waals surface area contributed by atoms with E-state index in [4.69, 9.17) is 0 Å². The van der Waals surface area contributed by atoms with E-state index in [0.29, 0.717) is 0 Å². The molecule has 1 unspecified atom stereocenters. The number of hydrogen-bond donors (Lipinski definition) is 0. The maximum atomic E-state index is 2.47. The van der Waals surface area contributed by atoms with Crippen LogP contribution in [0.4, 0.5) is 34.1 Å². The molecule has 0 bridgehead atoms. The van der Waals surface area contributed by atoms with Crippen LogP contribution in [0.3, 0.4) is 0 Å². The van der Waals surface area contributed by atoms with Gasteiger partial charge in [-0.25, -0.2) is 0 Å². The highest BCUT2D eigenvalue weighted by atomic mass is 15.2. The highest BCUT2D eigenvalue weighted by molar-refractivity contribution is 6.02. The molecule has 268 valence electrons. The summed E-state index contributed by atoms with van der Waals surface area (Å²) in [5.74, 6) is 0. The van der Waals surface area contributed by atoms with Crippen LogP contribution in [-0.2, 0) is 5.41 Å². The second kappa shape index (κ2) is 13.4. The molecule has 2 heteroatoms. The third kappa shape index (κ3) is 5.04. The first-order valence-corrected chi connectivity index (χ1v) is 19.7. The Morgan fingerprint density at radius 1 is 0.263 bits per heavy atom. The lowest BCUT2D eigenvalue weighted by Gasteiger charge is -2.33. The number of anilines is 6. The molecule has 1 spiro atoms. The predicted molar refractivity (Wildman–Crippen MR) is 238 cm³/mol. The van der Waals surface area contributed by atoms with Crippen molar-refractivity contribution in [2.75, 3.05) is 9.80 Å². The molecule has 0 aromatic heterocycles. The molecule has 0 radical (unpaired) electrons. The van der Waals surface area contributed by atoms with Gasteiger partial charge < -0.3 is 9.80 Å². The third-order valence-electron chi connectivity index (χ3n) is 11.8. The number of benzene rings is 9. The standard InChI is InChI=1S/C55H38N2/c1-5-20-39(21-6-1)44-28-15-18-34-52(44)57(42-26-11-4-12-27-42)53-35-19-33-50-54(53)47-30-14-17-32-49(47)55(50)48-31-16-13-29-45(48)46-37-36-43(38-51(46)55)56(40-22-7-2-8-23-40)41-24-9-3-10-25-41/h1-38H. The molecule has 0 N–H and O–H groups in total. The van der Waals surface area contributed by atoms with Gasteiger partial charge in [-0.3, -0.25) is 0 Å². The lowest BCUT2D eigenvalue weighted by atomic mass is 9.70. The van der Waals surface area contributed by atoms with Crippen LogP contribution in [0.5, 0.6) is 0 Å². The average molecular weight is 727 g/mol. The Morgan fingerprint density at radius 2 is 0.719 bits per heavy atom. The molecule has 1 atom stereocenters. The SMILES string of the molecule is c1ccc(-c2ccccc2N(c2ccccc2)c2cccc3c2-c2ccccc2C32c3ccccc3-c3ccc(N(c4ccccc4)c4ccccc4)cc32)cc1. The van der Waals surface area contributed by atoms with Crippen molar-refractivity contribution >= 4 is 34.1 Å². The van der Waals surface area contributed by atoms with Crippen molar-refractivity contribution in [2.45, 2.75) is 5.41 Å². The Hall–Kier alpha value is -7.42. The van der Waals surface area contributed by atoms with Gasteiger partial charge in [-0.2, -0.15) is 0 Å². The van der Waals surface area contributed by atoms with Crippen LogP contribution < -0.4 is 9.80 Å². The van der Waals surface area contributed by atoms with Crippen molar-refractivity contribution in [1.29, 1.82) is 0 Å². The molecule has 0 saturated carbocycles. The minimum absolute atomic E-state index is 0.537. The smallest absolute Gasteiger partial charge is 0.0727 e. The van der Waals surface area contributed by atoms with Crippen molar-refractivity contribution < 1.29 is 0 Å². The number of hydrogen-bond acceptors (Lipinski definition) is 2. The molecule has 11 rings (SSSR count). The Morgan fingerprint density at radius 3 is 1.37 bits per heavy atom. The van der Waals surface area contributed by atoms with Gasteiger partial charge in [0.2, 0.25) is 0 Å². The zero-order chi connectivity index (χ0) is 37.8. The zero-order valence-electron chi connectivity index (χ0n) is 31.3. The first-order valence-electron chi connectivity index (χ1n) is 19.7. The fraction of sp³-hybridized carbons (Fsp3) is 0.0182. The van der Waals surface area contributed by atoms with Crippen LogP contribution >= 0.6 is 0 Å². The average Bonchev–Trinajstić information content (AvgIpc) is 3.76. The van der Waals surface area contributed by atoms with Crippen LogP contribution in [-0.4, -0.2) is 0 Å². The van der Waals surface area contributed by atoms with Gasteiger partial charge in [0.15, 0.2) is 0 Å². The minimum Gasteiger partial charge on any atom is -0.310 e. The maximum Gasteiger partial charge on any atom is 0.0727 e. The van der Waals surface area contributed by atoms with Gasteiger partial charge in [0.05, 0.1) is 16.8 Å². The summed E-state index contributed by atoms with van der Waals surface area (Å²) in [4.78, 5) is 4.86. The van der Waals surface area contributed by atoms with Crippen LogP contribution in [0.1, 0.15) is 22.3 Å². The topological polar surface area (TPSA) is 6.48 Å². The van der Waals surface area contributed by atoms with E-state index in [1.165, 1.54) is 55.6 Å². The molecule has 0 heterocycles. The first kappa shape index (κ1) is 33.0. The molecule has 0 saturated heterocycles. The maximum absolute atomic E-state index is 2.47. The molecule has 9 aromatic carbocycles. The normalized spacial score (nSPS) is 14.4. The molecule has 0 fully saturated rings. The fourth-order valence-electron chi connectivity index (χ4n) is 9.60. The van der Waals surface area contributed by atoms with E-state index in [9.17, 15) is 0 Å². The Balaban J connectivity index is 1.20. The second-order valence-electron chi connectivity index (χ2n) is 14.8. The van der Waals surface area contributed by atoms with Crippen molar-refractivity contribution in [3.05, 3.63) is 253 Å². The molecule has 2 aliphatic carbocycles. The van der Waals surface area contributed by atoms with E-state index in [1.807, 2.05) is 0 Å². The lowest BCUT2D eigenvalue weighted by molar-refractivity contribution is 0.793. The predicted octanol–water partition coefficient (Wildman–Crippen LogP) is 14.6. The second-order valence-corrected chi connectivity index (χ2v) is 14.8. The van der Waals surface area contributed by atoms with Gasteiger partial charge in [0.1, 0.15) is 0 Å². The van der Waals surface area contributed by atoms with Gasteiger partial charge in [0, 0.05) is 33.9 Å². The third-order valence-corrected chi connectivity index (χ3v) is 11.8. The Labute approximate surface area is 334 Å². The van der Waals surface area contributed by atoms with Gasteiger partial charge in [0.25, 0.3) is 0 Å². The van der Waals surface area contributed by atoms with Crippen LogP contribution in [0.25, 0.3) is 33.4 Å². The summed E-state index contributed by atoms with van der Waals surface area (Å²) >= 11 is 0. The van der Waals surface area contributed by atoms with Crippen molar-refractivity contribution in [3.63, 3.8) is 0 Å². The van der Waals surface area contributed by atoms with E-state index >= 15 is 0 Å². The molecular formula is C55H38N2. The number of para-hydroxylation sites is 4. The van der Waals surface area contributed by atoms with E-state index in [1.54, 1.807) is 0 Å². The Kier molecular flexibility index (Phi) is 7.75. The van der Waals surface area contributed by atoms with Gasteiger partial charge in [-0.1, -0.05) is 170 Å². The van der Waals surface area contributed by atoms with Gasteiger partial charge in [-0.05, 0) is 105 Å². The van der Waals surface area contributed by atoms with E-state index in [2.05, 4.69) is 240 Å². The zero-order valence-corrected chi connectivity index (χ0v) is 31.3. The van der Waals surface area contributed by atoms with E-state index in [-0.39, 0.29) is 0 Å². The molecule has 9 aromatic rings. The summed E-state index contributed by atoms with van der Waals surface area (Å²) in [6, 6.07) is 84.1. The molecular weight excluding hydrogens is 689 g/mol. The Bertz CT molecular complexity index is 2860. The lowest BCUT2D eigenvalue weighted by Crippen LogP contribution is -2.26. The van der Waals surface area contributed by atoms with Crippen LogP contribution in [0.2, 0.25) is 0 Å². The molecule has 57 heavy (non-hydrogen) atoms. The van der Waals surface area contributed by atoms with E-state index in [0.717, 1.165) is 34.1 Å². The molecule has 0 aliphatic heterocycles. The largest absolute Gasteiger partial charge is 0.310 e. The van der Waals surface area contributed by atoms with Gasteiger partial charge >= 0.3 is 0 Å². The molecule has 2 aliphatic rings. The number of rotatable bonds is 7. The van der Waals surface area contributed by atoms with E-state index < -0.39 is 5.41 Å². The van der Waals surface area contributed by atoms with Crippen molar-refractivity contribution in [2.24, 2.45) is 0 Å². The number of nitrogens with zero attached hydrogens (tertiary/aromatic N) is 2. The van der Waals surface area contributed by atoms with Crippen LogP contribution in [0, 0.1) is 0 Å². The summed E-state index contributed by atoms with van der Waals surface area (Å²) in [5, 5.41) is 0.